The SMILES string of the molecule is C=C(C)COCc1cccc(OC)c1OC. The molecule has 3 heteroatoms. The van der Waals surface area contributed by atoms with Gasteiger partial charge in [0.05, 0.1) is 27.4 Å². The van der Waals surface area contributed by atoms with E-state index >= 15 is 0 Å². The zero-order valence-electron chi connectivity index (χ0n) is 10.1. The zero-order valence-corrected chi connectivity index (χ0v) is 10.1. The van der Waals surface area contributed by atoms with E-state index < -0.39 is 0 Å². The standard InChI is InChI=1S/C13H18O3/c1-10(2)8-16-9-11-6-5-7-12(14-3)13(11)15-4/h5-7H,1,8-9H2,2-4H3. The first-order valence-corrected chi connectivity index (χ1v) is 5.11. The summed E-state index contributed by atoms with van der Waals surface area (Å²) in [6.45, 7) is 6.76. The molecule has 0 radical (unpaired) electrons. The van der Waals surface area contributed by atoms with Crippen LogP contribution in [0, 0.1) is 0 Å². The van der Waals surface area contributed by atoms with Crippen molar-refractivity contribution in [3.8, 4) is 11.5 Å². The van der Waals surface area contributed by atoms with Gasteiger partial charge in [0.15, 0.2) is 11.5 Å². The van der Waals surface area contributed by atoms with Crippen molar-refractivity contribution in [3.63, 3.8) is 0 Å². The summed E-state index contributed by atoms with van der Waals surface area (Å²) < 4.78 is 16.0. The summed E-state index contributed by atoms with van der Waals surface area (Å²) >= 11 is 0. The van der Waals surface area contributed by atoms with Gasteiger partial charge in [0.2, 0.25) is 0 Å². The average Bonchev–Trinajstić information content (AvgIpc) is 2.28. The van der Waals surface area contributed by atoms with Crippen LogP contribution in [0.1, 0.15) is 12.5 Å². The maximum absolute atomic E-state index is 5.49. The predicted octanol–water partition coefficient (Wildman–Crippen LogP) is 2.80. The van der Waals surface area contributed by atoms with E-state index in [4.69, 9.17) is 14.2 Å². The molecule has 0 spiro atoms. The summed E-state index contributed by atoms with van der Waals surface area (Å²) in [5.41, 5.74) is 1.98. The summed E-state index contributed by atoms with van der Waals surface area (Å²) in [7, 11) is 3.25. The van der Waals surface area contributed by atoms with Crippen molar-refractivity contribution in [2.24, 2.45) is 0 Å². The molecule has 0 N–H and O–H groups in total. The van der Waals surface area contributed by atoms with Gasteiger partial charge in [-0.3, -0.25) is 0 Å². The monoisotopic (exact) mass is 222 g/mol. The highest BCUT2D eigenvalue weighted by atomic mass is 16.5. The minimum Gasteiger partial charge on any atom is -0.493 e. The zero-order chi connectivity index (χ0) is 12.0. The van der Waals surface area contributed by atoms with Gasteiger partial charge in [-0.2, -0.15) is 0 Å². The molecule has 0 unspecified atom stereocenters. The van der Waals surface area contributed by atoms with Crippen LogP contribution in [0.3, 0.4) is 0 Å². The van der Waals surface area contributed by atoms with Crippen LogP contribution in [0.5, 0.6) is 11.5 Å². The van der Waals surface area contributed by atoms with Crippen LogP contribution in [0.15, 0.2) is 30.4 Å². The molecule has 0 amide bonds. The fourth-order valence-electron chi connectivity index (χ4n) is 1.40. The maximum Gasteiger partial charge on any atom is 0.166 e. The lowest BCUT2D eigenvalue weighted by Crippen LogP contribution is -2.00. The molecule has 3 nitrogen and oxygen atoms in total. The first-order chi connectivity index (χ1) is 7.69. The molecule has 16 heavy (non-hydrogen) atoms. The van der Waals surface area contributed by atoms with E-state index in [0.29, 0.717) is 13.2 Å². The summed E-state index contributed by atoms with van der Waals surface area (Å²) in [6.07, 6.45) is 0. The molecule has 0 bridgehead atoms. The molecule has 0 aromatic heterocycles. The highest BCUT2D eigenvalue weighted by Crippen LogP contribution is 2.30. The Bertz CT molecular complexity index is 358. The molecule has 0 fully saturated rings. The van der Waals surface area contributed by atoms with Crippen molar-refractivity contribution in [3.05, 3.63) is 35.9 Å². The lowest BCUT2D eigenvalue weighted by Gasteiger charge is -2.12. The van der Waals surface area contributed by atoms with Gasteiger partial charge in [-0.05, 0) is 13.0 Å². The normalized spacial score (nSPS) is 9.94. The average molecular weight is 222 g/mol. The van der Waals surface area contributed by atoms with E-state index in [1.807, 2.05) is 25.1 Å². The fourth-order valence-corrected chi connectivity index (χ4v) is 1.40. The third-order valence-corrected chi connectivity index (χ3v) is 2.09. The number of hydrogen-bond acceptors (Lipinski definition) is 3. The van der Waals surface area contributed by atoms with E-state index in [9.17, 15) is 0 Å². The Kier molecular flexibility index (Phi) is 4.86. The lowest BCUT2D eigenvalue weighted by atomic mass is 10.2. The van der Waals surface area contributed by atoms with Crippen molar-refractivity contribution in [2.75, 3.05) is 20.8 Å². The van der Waals surface area contributed by atoms with Crippen LogP contribution in [0.2, 0.25) is 0 Å². The van der Waals surface area contributed by atoms with E-state index in [0.717, 1.165) is 22.6 Å². The Morgan fingerprint density at radius 2 is 2.00 bits per heavy atom. The van der Waals surface area contributed by atoms with Crippen molar-refractivity contribution in [1.82, 2.24) is 0 Å². The van der Waals surface area contributed by atoms with Crippen LogP contribution < -0.4 is 9.47 Å². The first kappa shape index (κ1) is 12.6. The van der Waals surface area contributed by atoms with Gasteiger partial charge in [0.1, 0.15) is 0 Å². The Balaban J connectivity index is 2.74. The van der Waals surface area contributed by atoms with Gasteiger partial charge in [0, 0.05) is 5.56 Å². The number of rotatable bonds is 6. The Morgan fingerprint density at radius 3 is 2.56 bits per heavy atom. The third-order valence-electron chi connectivity index (χ3n) is 2.09. The molecule has 0 aliphatic carbocycles. The van der Waals surface area contributed by atoms with E-state index in [-0.39, 0.29) is 0 Å². The van der Waals surface area contributed by atoms with Gasteiger partial charge in [-0.25, -0.2) is 0 Å². The number of ether oxygens (including phenoxy) is 3. The molecule has 1 rings (SSSR count). The largest absolute Gasteiger partial charge is 0.493 e. The number of hydrogen-bond donors (Lipinski definition) is 0. The van der Waals surface area contributed by atoms with Crippen LogP contribution >= 0.6 is 0 Å². The van der Waals surface area contributed by atoms with Crippen molar-refractivity contribution < 1.29 is 14.2 Å². The highest BCUT2D eigenvalue weighted by molar-refractivity contribution is 5.46. The molecule has 0 saturated heterocycles. The van der Waals surface area contributed by atoms with E-state index in [2.05, 4.69) is 6.58 Å². The smallest absolute Gasteiger partial charge is 0.166 e. The minimum absolute atomic E-state index is 0.493. The number of benzene rings is 1. The van der Waals surface area contributed by atoms with Crippen LogP contribution in [-0.4, -0.2) is 20.8 Å². The topological polar surface area (TPSA) is 27.7 Å². The van der Waals surface area contributed by atoms with Gasteiger partial charge < -0.3 is 14.2 Å². The lowest BCUT2D eigenvalue weighted by molar-refractivity contribution is 0.140. The number of methoxy groups -OCH3 is 2. The van der Waals surface area contributed by atoms with Gasteiger partial charge in [-0.15, -0.1) is 0 Å². The molecule has 0 saturated carbocycles. The summed E-state index contributed by atoms with van der Waals surface area (Å²) in [4.78, 5) is 0. The van der Waals surface area contributed by atoms with E-state index in [1.165, 1.54) is 0 Å². The Morgan fingerprint density at radius 1 is 1.25 bits per heavy atom. The molecule has 0 atom stereocenters. The molecule has 1 aromatic rings. The Hall–Kier alpha value is -1.48. The molecular weight excluding hydrogens is 204 g/mol. The van der Waals surface area contributed by atoms with Crippen molar-refractivity contribution in [2.45, 2.75) is 13.5 Å². The fraction of sp³-hybridized carbons (Fsp3) is 0.385. The first-order valence-electron chi connectivity index (χ1n) is 5.11. The van der Waals surface area contributed by atoms with Gasteiger partial charge in [-0.1, -0.05) is 24.3 Å². The molecule has 0 aliphatic rings. The van der Waals surface area contributed by atoms with E-state index in [1.54, 1.807) is 14.2 Å². The summed E-state index contributed by atoms with van der Waals surface area (Å²) in [5.74, 6) is 1.45. The third kappa shape index (κ3) is 3.28. The van der Waals surface area contributed by atoms with Gasteiger partial charge >= 0.3 is 0 Å². The highest BCUT2D eigenvalue weighted by Gasteiger charge is 2.08. The second kappa shape index (κ2) is 6.18. The van der Waals surface area contributed by atoms with Crippen LogP contribution in [0.25, 0.3) is 0 Å². The number of para-hydroxylation sites is 1. The molecule has 1 aromatic carbocycles. The van der Waals surface area contributed by atoms with Crippen molar-refractivity contribution >= 4 is 0 Å². The van der Waals surface area contributed by atoms with Gasteiger partial charge in [0.25, 0.3) is 0 Å². The minimum atomic E-state index is 0.493. The summed E-state index contributed by atoms with van der Waals surface area (Å²) in [5, 5.41) is 0. The molecular formula is C13H18O3. The Labute approximate surface area is 96.6 Å². The second-order valence-electron chi connectivity index (χ2n) is 3.60. The quantitative estimate of drug-likeness (QED) is 0.693. The summed E-state index contributed by atoms with van der Waals surface area (Å²) in [6, 6.07) is 5.74. The second-order valence-corrected chi connectivity index (χ2v) is 3.60. The predicted molar refractivity (Wildman–Crippen MR) is 64.0 cm³/mol. The van der Waals surface area contributed by atoms with Crippen LogP contribution in [-0.2, 0) is 11.3 Å². The molecule has 0 heterocycles. The van der Waals surface area contributed by atoms with Crippen molar-refractivity contribution in [1.29, 1.82) is 0 Å². The molecule has 0 aliphatic heterocycles. The maximum atomic E-state index is 5.49. The molecule has 88 valence electrons. The van der Waals surface area contributed by atoms with Crippen LogP contribution in [0.4, 0.5) is 0 Å².